The van der Waals surface area contributed by atoms with Crippen LogP contribution in [0.15, 0.2) is 35.4 Å². The molecule has 1 aromatic carbocycles. The minimum Gasteiger partial charge on any atom is -0.287 e. The molecule has 108 valence electrons. The highest BCUT2D eigenvalue weighted by Crippen LogP contribution is 2.23. The second-order valence-electron chi connectivity index (χ2n) is 5.07. The molecule has 0 saturated heterocycles. The second-order valence-corrected chi connectivity index (χ2v) is 6.69. The molecule has 20 heavy (non-hydrogen) atoms. The van der Waals surface area contributed by atoms with E-state index in [0.717, 1.165) is 5.56 Å². The lowest BCUT2D eigenvalue weighted by molar-refractivity contribution is 0.0719. The Morgan fingerprint density at radius 1 is 1.30 bits per heavy atom. The van der Waals surface area contributed by atoms with Crippen LogP contribution >= 0.6 is 0 Å². The first-order valence-electron chi connectivity index (χ1n) is 6.40. The quantitative estimate of drug-likeness (QED) is 0.860. The zero-order valence-corrected chi connectivity index (χ0v) is 12.6. The van der Waals surface area contributed by atoms with Crippen LogP contribution in [0.5, 0.6) is 0 Å². The van der Waals surface area contributed by atoms with Gasteiger partial charge in [-0.1, -0.05) is 24.8 Å². The first-order valence-corrected chi connectivity index (χ1v) is 7.88. The Kier molecular flexibility index (Phi) is 4.37. The Balaban J connectivity index is 2.40. The van der Waals surface area contributed by atoms with E-state index in [0.29, 0.717) is 17.5 Å². The van der Waals surface area contributed by atoms with Gasteiger partial charge in [-0.25, -0.2) is 8.42 Å². The van der Waals surface area contributed by atoms with Gasteiger partial charge in [0.15, 0.2) is 0 Å². The smallest absolute Gasteiger partial charge is 0.263 e. The number of nitrogens with one attached hydrogen (secondary N) is 1. The topological polar surface area (TPSA) is 68.3 Å². The van der Waals surface area contributed by atoms with Crippen LogP contribution in [-0.2, 0) is 14.9 Å². The maximum atomic E-state index is 12.3. The van der Waals surface area contributed by atoms with E-state index in [1.54, 1.807) is 30.5 Å². The number of benzene rings is 1. The van der Waals surface area contributed by atoms with Crippen LogP contribution in [0, 0.1) is 12.8 Å². The molecule has 2 rings (SSSR count). The van der Waals surface area contributed by atoms with Crippen LogP contribution in [-0.4, -0.2) is 20.0 Å². The standard InChI is InChI=1S/C14H18N2O3S/c1-10(2)9-19-16-20(17,18)13-7-6-11(3)14-12(13)5-4-8-15-14/h4-8,10,16H,9H2,1-3H3. The SMILES string of the molecule is Cc1ccc(S(=O)(=O)NOCC(C)C)c2cccnc12. The molecule has 0 fully saturated rings. The molecule has 1 aromatic heterocycles. The van der Waals surface area contributed by atoms with Crippen LogP contribution < -0.4 is 4.89 Å². The summed E-state index contributed by atoms with van der Waals surface area (Å²) in [5.41, 5.74) is 1.61. The van der Waals surface area contributed by atoms with Gasteiger partial charge in [0.05, 0.1) is 17.0 Å². The van der Waals surface area contributed by atoms with Gasteiger partial charge in [-0.3, -0.25) is 9.82 Å². The third-order valence-corrected chi connectivity index (χ3v) is 4.08. The summed E-state index contributed by atoms with van der Waals surface area (Å²) >= 11 is 0. The summed E-state index contributed by atoms with van der Waals surface area (Å²) in [6, 6.07) is 6.77. The molecule has 0 unspecified atom stereocenters. The van der Waals surface area contributed by atoms with Crippen molar-refractivity contribution in [2.75, 3.05) is 6.61 Å². The Labute approximate surface area is 119 Å². The van der Waals surface area contributed by atoms with Gasteiger partial charge in [0.1, 0.15) is 0 Å². The van der Waals surface area contributed by atoms with Crippen LogP contribution in [0.4, 0.5) is 0 Å². The van der Waals surface area contributed by atoms with Gasteiger partial charge in [-0.15, -0.1) is 0 Å². The molecule has 0 saturated carbocycles. The van der Waals surface area contributed by atoms with Crippen LogP contribution in [0.2, 0.25) is 0 Å². The largest absolute Gasteiger partial charge is 0.287 e. The van der Waals surface area contributed by atoms with Gasteiger partial charge in [-0.05, 0) is 36.6 Å². The van der Waals surface area contributed by atoms with Crippen molar-refractivity contribution in [1.29, 1.82) is 0 Å². The van der Waals surface area contributed by atoms with E-state index in [4.69, 9.17) is 4.84 Å². The van der Waals surface area contributed by atoms with E-state index in [9.17, 15) is 8.42 Å². The highest BCUT2D eigenvalue weighted by molar-refractivity contribution is 7.89. The number of rotatable bonds is 5. The molecule has 0 spiro atoms. The summed E-state index contributed by atoms with van der Waals surface area (Å²) in [4.78, 5) is 11.6. The maximum Gasteiger partial charge on any atom is 0.263 e. The van der Waals surface area contributed by atoms with E-state index in [-0.39, 0.29) is 10.8 Å². The highest BCUT2D eigenvalue weighted by atomic mass is 32.2. The number of aryl methyl sites for hydroxylation is 1. The van der Waals surface area contributed by atoms with Gasteiger partial charge in [0.2, 0.25) is 0 Å². The average molecular weight is 294 g/mol. The van der Waals surface area contributed by atoms with Crippen molar-refractivity contribution in [2.24, 2.45) is 5.92 Å². The lowest BCUT2D eigenvalue weighted by Gasteiger charge is -2.11. The first-order chi connectivity index (χ1) is 9.42. The van der Waals surface area contributed by atoms with E-state index in [2.05, 4.69) is 9.87 Å². The van der Waals surface area contributed by atoms with Crippen molar-refractivity contribution in [3.63, 3.8) is 0 Å². The highest BCUT2D eigenvalue weighted by Gasteiger charge is 2.18. The monoisotopic (exact) mass is 294 g/mol. The predicted octanol–water partition coefficient (Wildman–Crippen LogP) is 2.41. The number of sulfonamides is 1. The number of pyridine rings is 1. The number of hydrogen-bond acceptors (Lipinski definition) is 4. The fourth-order valence-electron chi connectivity index (χ4n) is 1.85. The predicted molar refractivity (Wildman–Crippen MR) is 77.6 cm³/mol. The second kappa shape index (κ2) is 5.87. The molecule has 0 amide bonds. The first kappa shape index (κ1) is 14.9. The molecule has 6 heteroatoms. The van der Waals surface area contributed by atoms with Gasteiger partial charge in [0, 0.05) is 11.6 Å². The Morgan fingerprint density at radius 2 is 2.05 bits per heavy atom. The molecule has 0 bridgehead atoms. The molecular weight excluding hydrogens is 276 g/mol. The van der Waals surface area contributed by atoms with Gasteiger partial charge >= 0.3 is 0 Å². The van der Waals surface area contributed by atoms with E-state index >= 15 is 0 Å². The van der Waals surface area contributed by atoms with Crippen LogP contribution in [0.3, 0.4) is 0 Å². The van der Waals surface area contributed by atoms with Gasteiger partial charge in [0.25, 0.3) is 10.0 Å². The summed E-state index contributed by atoms with van der Waals surface area (Å²) in [7, 11) is -3.71. The molecule has 0 atom stereocenters. The molecule has 2 aromatic rings. The van der Waals surface area contributed by atoms with Crippen molar-refractivity contribution in [3.05, 3.63) is 36.0 Å². The number of fused-ring (bicyclic) bond motifs is 1. The molecule has 0 radical (unpaired) electrons. The molecular formula is C14H18N2O3S. The molecule has 0 aliphatic carbocycles. The molecule has 1 heterocycles. The fourth-order valence-corrected chi connectivity index (χ4v) is 2.86. The van der Waals surface area contributed by atoms with Crippen molar-refractivity contribution < 1.29 is 13.3 Å². The van der Waals surface area contributed by atoms with Crippen molar-refractivity contribution >= 4 is 20.9 Å². The summed E-state index contributed by atoms with van der Waals surface area (Å²) in [5.74, 6) is 0.245. The third-order valence-electron chi connectivity index (χ3n) is 2.81. The van der Waals surface area contributed by atoms with Crippen molar-refractivity contribution in [2.45, 2.75) is 25.7 Å². The summed E-state index contributed by atoms with van der Waals surface area (Å²) < 4.78 is 24.6. The fraction of sp³-hybridized carbons (Fsp3) is 0.357. The number of hydrogen-bond donors (Lipinski definition) is 1. The Bertz CT molecular complexity index is 711. The molecule has 5 nitrogen and oxygen atoms in total. The van der Waals surface area contributed by atoms with E-state index in [1.165, 1.54) is 0 Å². The van der Waals surface area contributed by atoms with Crippen molar-refractivity contribution in [1.82, 2.24) is 9.87 Å². The minimum atomic E-state index is -3.71. The van der Waals surface area contributed by atoms with E-state index < -0.39 is 10.0 Å². The molecule has 1 N–H and O–H groups in total. The summed E-state index contributed by atoms with van der Waals surface area (Å²) in [5, 5.41) is 0.591. The lowest BCUT2D eigenvalue weighted by atomic mass is 10.1. The minimum absolute atomic E-state index is 0.176. The Hall–Kier alpha value is -1.50. The lowest BCUT2D eigenvalue weighted by Crippen LogP contribution is -2.26. The van der Waals surface area contributed by atoms with E-state index in [1.807, 2.05) is 20.8 Å². The molecule has 0 aliphatic heterocycles. The summed E-state index contributed by atoms with van der Waals surface area (Å²) in [6.45, 7) is 6.11. The van der Waals surface area contributed by atoms with Crippen molar-refractivity contribution in [3.8, 4) is 0 Å². The maximum absolute atomic E-state index is 12.3. The normalized spacial score (nSPS) is 12.2. The number of aromatic nitrogens is 1. The summed E-state index contributed by atoms with van der Waals surface area (Å²) in [6.07, 6.45) is 1.65. The van der Waals surface area contributed by atoms with Crippen LogP contribution in [0.25, 0.3) is 10.9 Å². The zero-order chi connectivity index (χ0) is 14.8. The Morgan fingerprint density at radius 3 is 2.75 bits per heavy atom. The number of nitrogens with zero attached hydrogens (tertiary/aromatic N) is 1. The van der Waals surface area contributed by atoms with Crippen LogP contribution in [0.1, 0.15) is 19.4 Å². The third kappa shape index (κ3) is 3.15. The average Bonchev–Trinajstić information content (AvgIpc) is 2.38. The van der Waals surface area contributed by atoms with Gasteiger partial charge < -0.3 is 0 Å². The van der Waals surface area contributed by atoms with Gasteiger partial charge in [-0.2, -0.15) is 0 Å². The zero-order valence-electron chi connectivity index (χ0n) is 11.8. The molecule has 0 aliphatic rings.